The van der Waals surface area contributed by atoms with Crippen molar-refractivity contribution in [1.29, 1.82) is 0 Å². The minimum Gasteiger partial charge on any atom is -0.379 e. The van der Waals surface area contributed by atoms with Crippen LogP contribution in [0.4, 0.5) is 0 Å². The van der Waals surface area contributed by atoms with E-state index in [0.717, 1.165) is 29.2 Å². The first-order chi connectivity index (χ1) is 15.6. The minimum absolute atomic E-state index is 0.0203. The highest BCUT2D eigenvalue weighted by atomic mass is 32.2. The quantitative estimate of drug-likeness (QED) is 0.606. The Morgan fingerprint density at radius 3 is 2.50 bits per heavy atom. The number of nitrogens with zero attached hydrogens (tertiary/aromatic N) is 2. The molecule has 1 atom stereocenters. The van der Waals surface area contributed by atoms with Crippen LogP contribution in [0.5, 0.6) is 0 Å². The molecule has 6 nitrogen and oxygen atoms in total. The van der Waals surface area contributed by atoms with E-state index in [4.69, 9.17) is 4.74 Å². The number of benzene rings is 3. The van der Waals surface area contributed by atoms with Gasteiger partial charge in [-0.05, 0) is 47.4 Å². The molecule has 3 aromatic carbocycles. The highest BCUT2D eigenvalue weighted by Crippen LogP contribution is 2.37. The van der Waals surface area contributed by atoms with Crippen molar-refractivity contribution in [3.05, 3.63) is 77.9 Å². The number of likely N-dealkylation sites (tertiary alicyclic amines) is 1. The number of carbonyl (C=O) groups is 1. The summed E-state index contributed by atoms with van der Waals surface area (Å²) in [5.74, 6) is -0.125. The van der Waals surface area contributed by atoms with Crippen LogP contribution >= 0.6 is 0 Å². The van der Waals surface area contributed by atoms with Gasteiger partial charge in [-0.1, -0.05) is 48.5 Å². The van der Waals surface area contributed by atoms with Gasteiger partial charge in [0, 0.05) is 25.2 Å². The Morgan fingerprint density at radius 1 is 0.906 bits per heavy atom. The van der Waals surface area contributed by atoms with Gasteiger partial charge in [-0.3, -0.25) is 4.79 Å². The van der Waals surface area contributed by atoms with Gasteiger partial charge in [0.2, 0.25) is 10.0 Å². The zero-order valence-electron chi connectivity index (χ0n) is 17.8. The number of sulfonamides is 1. The number of morpholine rings is 1. The fraction of sp³-hybridized carbons (Fsp3) is 0.320. The summed E-state index contributed by atoms with van der Waals surface area (Å²) in [5.41, 5.74) is 1.55. The first-order valence-corrected chi connectivity index (χ1v) is 12.5. The lowest BCUT2D eigenvalue weighted by molar-refractivity contribution is 0.0727. The smallest absolute Gasteiger partial charge is 0.254 e. The zero-order chi connectivity index (χ0) is 22.1. The highest BCUT2D eigenvalue weighted by Gasteiger charge is 2.33. The molecule has 0 aromatic heterocycles. The maximum absolute atomic E-state index is 13.5. The van der Waals surface area contributed by atoms with E-state index in [-0.39, 0.29) is 16.8 Å². The number of amides is 1. The summed E-state index contributed by atoms with van der Waals surface area (Å²) in [6.07, 6.45) is 1.82. The monoisotopic (exact) mass is 450 g/mol. The predicted molar refractivity (Wildman–Crippen MR) is 123 cm³/mol. The van der Waals surface area contributed by atoms with E-state index in [2.05, 4.69) is 24.3 Å². The molecule has 0 radical (unpaired) electrons. The Bertz CT molecular complexity index is 1250. The summed E-state index contributed by atoms with van der Waals surface area (Å²) < 4.78 is 32.8. The Hall–Kier alpha value is -2.74. The van der Waals surface area contributed by atoms with Crippen LogP contribution in [-0.4, -0.2) is 56.4 Å². The molecule has 2 aliphatic heterocycles. The van der Waals surface area contributed by atoms with E-state index < -0.39 is 10.0 Å². The molecule has 2 fully saturated rings. The number of hydrogen-bond acceptors (Lipinski definition) is 4. The number of ether oxygens (including phenoxy) is 1. The fourth-order valence-corrected chi connectivity index (χ4v) is 6.22. The molecular formula is C25H26N2O4S. The van der Waals surface area contributed by atoms with Crippen LogP contribution in [0.3, 0.4) is 0 Å². The van der Waals surface area contributed by atoms with Crippen molar-refractivity contribution in [1.82, 2.24) is 9.21 Å². The lowest BCUT2D eigenvalue weighted by Crippen LogP contribution is -2.40. The van der Waals surface area contributed by atoms with Gasteiger partial charge in [0.1, 0.15) is 0 Å². The highest BCUT2D eigenvalue weighted by molar-refractivity contribution is 7.89. The largest absolute Gasteiger partial charge is 0.379 e. The van der Waals surface area contributed by atoms with E-state index in [1.54, 1.807) is 18.2 Å². The summed E-state index contributed by atoms with van der Waals surface area (Å²) in [5, 5.41) is 2.31. The van der Waals surface area contributed by atoms with Crippen LogP contribution in [0, 0.1) is 0 Å². The second kappa shape index (κ2) is 8.65. The van der Waals surface area contributed by atoms with E-state index in [1.165, 1.54) is 10.4 Å². The van der Waals surface area contributed by atoms with Crippen LogP contribution in [0.25, 0.3) is 10.8 Å². The Labute approximate surface area is 188 Å². The maximum Gasteiger partial charge on any atom is 0.254 e. The SMILES string of the molecule is O=C(c1cccc(S(=O)(=O)N2CCOCC2)c1)N1CCCC1c1cccc2ccccc12. The van der Waals surface area contributed by atoms with Gasteiger partial charge in [0.15, 0.2) is 0 Å². The van der Waals surface area contributed by atoms with Gasteiger partial charge >= 0.3 is 0 Å². The van der Waals surface area contributed by atoms with E-state index in [1.807, 2.05) is 23.1 Å². The van der Waals surface area contributed by atoms with Crippen molar-refractivity contribution in [2.45, 2.75) is 23.8 Å². The van der Waals surface area contributed by atoms with E-state index in [0.29, 0.717) is 38.4 Å². The summed E-state index contributed by atoms with van der Waals surface area (Å²) >= 11 is 0. The van der Waals surface area contributed by atoms with E-state index in [9.17, 15) is 13.2 Å². The molecule has 0 N–H and O–H groups in total. The first kappa shape index (κ1) is 21.1. The molecule has 7 heteroatoms. The first-order valence-electron chi connectivity index (χ1n) is 11.0. The number of rotatable bonds is 4. The lowest BCUT2D eigenvalue weighted by atomic mass is 9.97. The third kappa shape index (κ3) is 3.81. The third-order valence-electron chi connectivity index (χ3n) is 6.38. The van der Waals surface area contributed by atoms with Crippen LogP contribution < -0.4 is 0 Å². The molecule has 32 heavy (non-hydrogen) atoms. The van der Waals surface area contributed by atoms with Gasteiger partial charge in [0.05, 0.1) is 24.2 Å². The molecule has 0 aliphatic carbocycles. The second-order valence-corrected chi connectivity index (χ2v) is 10.2. The number of carbonyl (C=O) groups excluding carboxylic acids is 1. The molecule has 3 aromatic rings. The van der Waals surface area contributed by atoms with Crippen LogP contribution in [0.15, 0.2) is 71.6 Å². The normalized spacial score (nSPS) is 20.0. The maximum atomic E-state index is 13.5. The van der Waals surface area contributed by atoms with Gasteiger partial charge in [-0.25, -0.2) is 8.42 Å². The molecule has 5 rings (SSSR count). The van der Waals surface area contributed by atoms with Crippen LogP contribution in [0.1, 0.15) is 34.8 Å². The molecule has 0 saturated carbocycles. The van der Waals surface area contributed by atoms with Crippen molar-refractivity contribution in [2.75, 3.05) is 32.8 Å². The average Bonchev–Trinajstić information content (AvgIpc) is 3.33. The van der Waals surface area contributed by atoms with E-state index >= 15 is 0 Å². The fourth-order valence-electron chi connectivity index (χ4n) is 4.77. The molecule has 2 saturated heterocycles. The third-order valence-corrected chi connectivity index (χ3v) is 8.28. The number of hydrogen-bond donors (Lipinski definition) is 0. The molecule has 2 aliphatic rings. The average molecular weight is 451 g/mol. The van der Waals surface area contributed by atoms with Gasteiger partial charge in [-0.2, -0.15) is 4.31 Å². The Kier molecular flexibility index (Phi) is 5.71. The summed E-state index contributed by atoms with van der Waals surface area (Å²) in [6.45, 7) is 2.09. The molecular weight excluding hydrogens is 424 g/mol. The molecule has 0 bridgehead atoms. The molecule has 1 unspecified atom stereocenters. The Morgan fingerprint density at radius 2 is 1.66 bits per heavy atom. The Balaban J connectivity index is 1.46. The summed E-state index contributed by atoms with van der Waals surface area (Å²) in [4.78, 5) is 15.6. The van der Waals surface area contributed by atoms with Crippen LogP contribution in [0.2, 0.25) is 0 Å². The van der Waals surface area contributed by atoms with Crippen molar-refractivity contribution in [3.8, 4) is 0 Å². The topological polar surface area (TPSA) is 66.9 Å². The molecule has 1 amide bonds. The molecule has 166 valence electrons. The molecule has 2 heterocycles. The summed E-state index contributed by atoms with van der Waals surface area (Å²) in [7, 11) is -3.65. The van der Waals surface area contributed by atoms with Crippen molar-refractivity contribution in [2.24, 2.45) is 0 Å². The lowest BCUT2D eigenvalue weighted by Gasteiger charge is -2.27. The zero-order valence-corrected chi connectivity index (χ0v) is 18.6. The van der Waals surface area contributed by atoms with Gasteiger partial charge in [-0.15, -0.1) is 0 Å². The van der Waals surface area contributed by atoms with Gasteiger partial charge < -0.3 is 9.64 Å². The standard InChI is InChI=1S/C25H26N2O4S/c28-25(20-8-3-9-21(18-20)32(29,30)26-14-16-31-17-15-26)27-13-5-12-24(27)23-11-4-7-19-6-1-2-10-22(19)23/h1-4,6-11,18,24H,5,12-17H2. The summed E-state index contributed by atoms with van der Waals surface area (Å²) in [6, 6.07) is 20.9. The minimum atomic E-state index is -3.65. The van der Waals surface area contributed by atoms with Crippen molar-refractivity contribution in [3.63, 3.8) is 0 Å². The predicted octanol–water partition coefficient (Wildman–Crippen LogP) is 3.84. The molecule has 0 spiro atoms. The number of fused-ring (bicyclic) bond motifs is 1. The van der Waals surface area contributed by atoms with Crippen molar-refractivity contribution < 1.29 is 17.9 Å². The van der Waals surface area contributed by atoms with Crippen LogP contribution in [-0.2, 0) is 14.8 Å². The van der Waals surface area contributed by atoms with Crippen molar-refractivity contribution >= 4 is 26.7 Å². The van der Waals surface area contributed by atoms with Gasteiger partial charge in [0.25, 0.3) is 5.91 Å². The second-order valence-electron chi connectivity index (χ2n) is 8.27.